The van der Waals surface area contributed by atoms with Crippen molar-refractivity contribution < 1.29 is 4.52 Å². The SMILES string of the molecule is CCn1nc(CNCc2c(C)noc2C)c2ccccc21. The first-order chi connectivity index (χ1) is 10.2. The number of aromatic nitrogens is 3. The number of hydrogen-bond donors (Lipinski definition) is 1. The van der Waals surface area contributed by atoms with Gasteiger partial charge in [0.2, 0.25) is 0 Å². The van der Waals surface area contributed by atoms with Gasteiger partial charge >= 0.3 is 0 Å². The van der Waals surface area contributed by atoms with Gasteiger partial charge in [-0.3, -0.25) is 4.68 Å². The first-order valence-corrected chi connectivity index (χ1v) is 7.27. The zero-order chi connectivity index (χ0) is 14.8. The summed E-state index contributed by atoms with van der Waals surface area (Å²) in [6, 6.07) is 8.35. The van der Waals surface area contributed by atoms with E-state index in [0.29, 0.717) is 0 Å². The Labute approximate surface area is 123 Å². The maximum atomic E-state index is 5.18. The van der Waals surface area contributed by atoms with Crippen LogP contribution >= 0.6 is 0 Å². The molecule has 5 heteroatoms. The molecule has 2 aromatic heterocycles. The Morgan fingerprint density at radius 2 is 2.00 bits per heavy atom. The van der Waals surface area contributed by atoms with Crippen LogP contribution in [-0.2, 0) is 19.6 Å². The van der Waals surface area contributed by atoms with E-state index in [1.165, 1.54) is 10.9 Å². The highest BCUT2D eigenvalue weighted by Crippen LogP contribution is 2.18. The second kappa shape index (κ2) is 5.69. The number of para-hydroxylation sites is 1. The molecule has 0 amide bonds. The second-order valence-electron chi connectivity index (χ2n) is 5.19. The molecule has 0 unspecified atom stereocenters. The average molecular weight is 284 g/mol. The minimum absolute atomic E-state index is 0.734. The van der Waals surface area contributed by atoms with Crippen molar-refractivity contribution in [2.24, 2.45) is 0 Å². The normalized spacial score (nSPS) is 11.4. The van der Waals surface area contributed by atoms with E-state index in [4.69, 9.17) is 4.52 Å². The molecule has 1 N–H and O–H groups in total. The Bertz CT molecular complexity index is 737. The van der Waals surface area contributed by atoms with Crippen molar-refractivity contribution in [1.82, 2.24) is 20.3 Å². The fraction of sp³-hybridized carbons (Fsp3) is 0.375. The standard InChI is InChI=1S/C16H20N4O/c1-4-20-16-8-6-5-7-13(16)15(18-20)10-17-9-14-11(2)19-21-12(14)3/h5-8,17H,4,9-10H2,1-3H3. The molecule has 0 aliphatic heterocycles. The Balaban J connectivity index is 1.77. The van der Waals surface area contributed by atoms with Gasteiger partial charge in [0.15, 0.2) is 0 Å². The third-order valence-corrected chi connectivity index (χ3v) is 3.81. The Morgan fingerprint density at radius 3 is 2.71 bits per heavy atom. The van der Waals surface area contributed by atoms with Crippen molar-refractivity contribution in [1.29, 1.82) is 0 Å². The summed E-state index contributed by atoms with van der Waals surface area (Å²) in [5.74, 6) is 0.879. The number of hydrogen-bond acceptors (Lipinski definition) is 4. The molecular formula is C16H20N4O. The zero-order valence-corrected chi connectivity index (χ0v) is 12.7. The topological polar surface area (TPSA) is 55.9 Å². The quantitative estimate of drug-likeness (QED) is 0.782. The molecular weight excluding hydrogens is 264 g/mol. The van der Waals surface area contributed by atoms with Crippen LogP contribution in [0.4, 0.5) is 0 Å². The van der Waals surface area contributed by atoms with E-state index in [2.05, 4.69) is 46.8 Å². The van der Waals surface area contributed by atoms with Gasteiger partial charge < -0.3 is 9.84 Å². The summed E-state index contributed by atoms with van der Waals surface area (Å²) in [5, 5.41) is 13.3. The Morgan fingerprint density at radius 1 is 1.19 bits per heavy atom. The van der Waals surface area contributed by atoms with Crippen LogP contribution in [0.15, 0.2) is 28.8 Å². The lowest BCUT2D eigenvalue weighted by atomic mass is 10.2. The van der Waals surface area contributed by atoms with Crippen LogP contribution in [0.5, 0.6) is 0 Å². The van der Waals surface area contributed by atoms with Gasteiger partial charge in [-0.2, -0.15) is 5.10 Å². The van der Waals surface area contributed by atoms with E-state index in [1.54, 1.807) is 0 Å². The van der Waals surface area contributed by atoms with E-state index in [0.717, 1.165) is 42.3 Å². The van der Waals surface area contributed by atoms with Gasteiger partial charge in [-0.15, -0.1) is 0 Å². The number of nitrogens with zero attached hydrogens (tertiary/aromatic N) is 3. The maximum Gasteiger partial charge on any atom is 0.138 e. The summed E-state index contributed by atoms with van der Waals surface area (Å²) in [6.07, 6.45) is 0. The minimum atomic E-state index is 0.734. The molecule has 0 atom stereocenters. The monoisotopic (exact) mass is 284 g/mol. The van der Waals surface area contributed by atoms with Gasteiger partial charge in [0.1, 0.15) is 5.76 Å². The lowest BCUT2D eigenvalue weighted by molar-refractivity contribution is 0.392. The van der Waals surface area contributed by atoms with Crippen molar-refractivity contribution in [3.63, 3.8) is 0 Å². The Kier molecular flexibility index (Phi) is 3.75. The number of benzene rings is 1. The van der Waals surface area contributed by atoms with E-state index >= 15 is 0 Å². The molecule has 0 radical (unpaired) electrons. The molecule has 0 spiro atoms. The van der Waals surface area contributed by atoms with Crippen molar-refractivity contribution >= 4 is 10.9 Å². The number of nitrogens with one attached hydrogen (secondary N) is 1. The van der Waals surface area contributed by atoms with Crippen LogP contribution in [0, 0.1) is 13.8 Å². The molecule has 3 aromatic rings. The smallest absolute Gasteiger partial charge is 0.138 e. The zero-order valence-electron chi connectivity index (χ0n) is 12.7. The molecule has 3 rings (SSSR count). The summed E-state index contributed by atoms with van der Waals surface area (Å²) < 4.78 is 7.22. The first-order valence-electron chi connectivity index (χ1n) is 7.27. The summed E-state index contributed by atoms with van der Waals surface area (Å²) in [4.78, 5) is 0. The third-order valence-electron chi connectivity index (χ3n) is 3.81. The molecule has 21 heavy (non-hydrogen) atoms. The van der Waals surface area contributed by atoms with Crippen molar-refractivity contribution in [2.75, 3.05) is 0 Å². The molecule has 5 nitrogen and oxygen atoms in total. The van der Waals surface area contributed by atoms with Gasteiger partial charge in [0.05, 0.1) is 16.9 Å². The van der Waals surface area contributed by atoms with E-state index in [9.17, 15) is 0 Å². The predicted octanol–water partition coefficient (Wildman–Crippen LogP) is 2.95. The van der Waals surface area contributed by atoms with Crippen molar-refractivity contribution in [3.8, 4) is 0 Å². The van der Waals surface area contributed by atoms with Crippen molar-refractivity contribution in [2.45, 2.75) is 40.4 Å². The van der Waals surface area contributed by atoms with Gasteiger partial charge in [-0.25, -0.2) is 0 Å². The van der Waals surface area contributed by atoms with Gasteiger partial charge in [-0.1, -0.05) is 23.4 Å². The number of rotatable bonds is 5. The second-order valence-corrected chi connectivity index (χ2v) is 5.19. The highest BCUT2D eigenvalue weighted by atomic mass is 16.5. The number of aryl methyl sites for hydroxylation is 3. The lowest BCUT2D eigenvalue weighted by Crippen LogP contribution is -2.14. The van der Waals surface area contributed by atoms with E-state index < -0.39 is 0 Å². The molecule has 2 heterocycles. The highest BCUT2D eigenvalue weighted by Gasteiger charge is 2.11. The highest BCUT2D eigenvalue weighted by molar-refractivity contribution is 5.81. The molecule has 110 valence electrons. The minimum Gasteiger partial charge on any atom is -0.361 e. The van der Waals surface area contributed by atoms with Gasteiger partial charge in [0, 0.05) is 30.6 Å². The molecule has 0 saturated heterocycles. The van der Waals surface area contributed by atoms with Crippen LogP contribution in [-0.4, -0.2) is 14.9 Å². The molecule has 0 bridgehead atoms. The average Bonchev–Trinajstić information content (AvgIpc) is 3.02. The molecule has 0 aliphatic rings. The third kappa shape index (κ3) is 2.56. The lowest BCUT2D eigenvalue weighted by Gasteiger charge is -2.02. The number of fused-ring (bicyclic) bond motifs is 1. The van der Waals surface area contributed by atoms with Crippen LogP contribution < -0.4 is 5.32 Å². The summed E-state index contributed by atoms with van der Waals surface area (Å²) in [7, 11) is 0. The predicted molar refractivity (Wildman–Crippen MR) is 81.9 cm³/mol. The van der Waals surface area contributed by atoms with Crippen LogP contribution in [0.2, 0.25) is 0 Å². The first kappa shape index (κ1) is 13.8. The fourth-order valence-corrected chi connectivity index (χ4v) is 2.63. The summed E-state index contributed by atoms with van der Waals surface area (Å²) >= 11 is 0. The summed E-state index contributed by atoms with van der Waals surface area (Å²) in [6.45, 7) is 8.38. The molecule has 1 aromatic carbocycles. The molecule has 0 aliphatic carbocycles. The van der Waals surface area contributed by atoms with E-state index in [1.807, 2.05) is 18.5 Å². The fourth-order valence-electron chi connectivity index (χ4n) is 2.63. The molecule has 0 saturated carbocycles. The van der Waals surface area contributed by atoms with Crippen LogP contribution in [0.25, 0.3) is 10.9 Å². The maximum absolute atomic E-state index is 5.18. The summed E-state index contributed by atoms with van der Waals surface area (Å²) in [5.41, 5.74) is 4.35. The van der Waals surface area contributed by atoms with Crippen molar-refractivity contribution in [3.05, 3.63) is 47.0 Å². The molecule has 0 fully saturated rings. The van der Waals surface area contributed by atoms with Gasteiger partial charge in [-0.05, 0) is 26.8 Å². The van der Waals surface area contributed by atoms with Crippen LogP contribution in [0.3, 0.4) is 0 Å². The van der Waals surface area contributed by atoms with Crippen LogP contribution in [0.1, 0.15) is 29.6 Å². The van der Waals surface area contributed by atoms with E-state index in [-0.39, 0.29) is 0 Å². The largest absolute Gasteiger partial charge is 0.361 e. The van der Waals surface area contributed by atoms with Gasteiger partial charge in [0.25, 0.3) is 0 Å². The Hall–Kier alpha value is -2.14.